The second-order valence-corrected chi connectivity index (χ2v) is 6.44. The average Bonchev–Trinajstić information content (AvgIpc) is 2.92. The minimum atomic E-state index is -0.394. The van der Waals surface area contributed by atoms with E-state index >= 15 is 0 Å². The highest BCUT2D eigenvalue weighted by Crippen LogP contribution is 2.25. The Kier molecular flexibility index (Phi) is 6.03. The number of ether oxygens (including phenoxy) is 1. The van der Waals surface area contributed by atoms with Gasteiger partial charge >= 0.3 is 0 Å². The van der Waals surface area contributed by atoms with Crippen LogP contribution in [-0.4, -0.2) is 26.4 Å². The molecule has 2 rings (SSSR count). The number of thioether (sulfide) groups is 1. The van der Waals surface area contributed by atoms with Crippen molar-refractivity contribution in [1.29, 1.82) is 0 Å². The smallest absolute Gasteiger partial charge is 0.227 e. The Morgan fingerprint density at radius 2 is 2.17 bits per heavy atom. The number of hydrogen-bond donors (Lipinski definition) is 1. The highest BCUT2D eigenvalue weighted by Gasteiger charge is 2.19. The number of carbonyl (C=O) groups excluding carboxylic acids is 1. The SMILES string of the molecule is C=CCn1c(SCC(N)=O)nnc1C(C)Oc1ccc(C)c(C)c1. The lowest BCUT2D eigenvalue weighted by Gasteiger charge is -2.16. The van der Waals surface area contributed by atoms with Crippen LogP contribution in [0.1, 0.15) is 30.0 Å². The third-order valence-corrected chi connectivity index (χ3v) is 4.54. The number of carbonyl (C=O) groups is 1. The van der Waals surface area contributed by atoms with E-state index in [1.165, 1.54) is 22.9 Å². The normalized spacial score (nSPS) is 12.0. The molecule has 1 unspecified atom stereocenters. The molecule has 128 valence electrons. The molecule has 6 nitrogen and oxygen atoms in total. The molecule has 0 aliphatic rings. The van der Waals surface area contributed by atoms with Crippen LogP contribution in [0.2, 0.25) is 0 Å². The van der Waals surface area contributed by atoms with Crippen LogP contribution in [-0.2, 0) is 11.3 Å². The summed E-state index contributed by atoms with van der Waals surface area (Å²) in [6, 6.07) is 5.97. The second-order valence-electron chi connectivity index (χ2n) is 5.50. The summed E-state index contributed by atoms with van der Waals surface area (Å²) in [5, 5.41) is 8.98. The maximum atomic E-state index is 11.0. The van der Waals surface area contributed by atoms with Crippen molar-refractivity contribution in [3.63, 3.8) is 0 Å². The molecule has 0 fully saturated rings. The molecule has 0 radical (unpaired) electrons. The molecule has 0 aliphatic heterocycles. The van der Waals surface area contributed by atoms with Crippen LogP contribution >= 0.6 is 11.8 Å². The first-order valence-corrected chi connectivity index (χ1v) is 8.60. The summed E-state index contributed by atoms with van der Waals surface area (Å²) in [6.07, 6.45) is 1.46. The summed E-state index contributed by atoms with van der Waals surface area (Å²) in [5.41, 5.74) is 7.59. The van der Waals surface area contributed by atoms with Gasteiger partial charge in [0.1, 0.15) is 5.75 Å². The molecule has 24 heavy (non-hydrogen) atoms. The van der Waals surface area contributed by atoms with Gasteiger partial charge in [0.05, 0.1) is 5.75 Å². The Balaban J connectivity index is 2.20. The van der Waals surface area contributed by atoms with Crippen LogP contribution < -0.4 is 10.5 Å². The maximum absolute atomic E-state index is 11.0. The number of allylic oxidation sites excluding steroid dienone is 1. The van der Waals surface area contributed by atoms with E-state index in [0.29, 0.717) is 17.5 Å². The summed E-state index contributed by atoms with van der Waals surface area (Å²) in [5.74, 6) is 1.22. The maximum Gasteiger partial charge on any atom is 0.227 e. The third-order valence-electron chi connectivity index (χ3n) is 3.56. The Morgan fingerprint density at radius 1 is 1.42 bits per heavy atom. The topological polar surface area (TPSA) is 83.0 Å². The van der Waals surface area contributed by atoms with Gasteiger partial charge < -0.3 is 10.5 Å². The standard InChI is InChI=1S/C17H22N4O2S/c1-5-8-21-16(19-20-17(21)24-10-15(18)22)13(4)23-14-7-6-11(2)12(3)9-14/h5-7,9,13H,1,8,10H2,2-4H3,(H2,18,22). The van der Waals surface area contributed by atoms with Crippen LogP contribution in [0.4, 0.5) is 0 Å². The van der Waals surface area contributed by atoms with E-state index < -0.39 is 5.91 Å². The van der Waals surface area contributed by atoms with Crippen molar-refractivity contribution in [2.24, 2.45) is 5.73 Å². The van der Waals surface area contributed by atoms with Crippen molar-refractivity contribution < 1.29 is 9.53 Å². The number of rotatable bonds is 8. The number of aryl methyl sites for hydroxylation is 2. The fourth-order valence-electron chi connectivity index (χ4n) is 2.19. The zero-order chi connectivity index (χ0) is 17.7. The first kappa shape index (κ1) is 18.1. The van der Waals surface area contributed by atoms with Gasteiger partial charge in [-0.15, -0.1) is 16.8 Å². The zero-order valence-electron chi connectivity index (χ0n) is 14.2. The number of aromatic nitrogens is 3. The number of benzene rings is 1. The van der Waals surface area contributed by atoms with E-state index in [9.17, 15) is 4.79 Å². The Labute approximate surface area is 146 Å². The minimum Gasteiger partial charge on any atom is -0.483 e. The average molecular weight is 346 g/mol. The molecule has 1 aromatic carbocycles. The molecular weight excluding hydrogens is 324 g/mol. The monoisotopic (exact) mass is 346 g/mol. The fourth-order valence-corrected chi connectivity index (χ4v) is 2.88. The van der Waals surface area contributed by atoms with Gasteiger partial charge in [0.2, 0.25) is 5.91 Å². The predicted octanol–water partition coefficient (Wildman–Crippen LogP) is 2.80. The molecule has 0 saturated heterocycles. The van der Waals surface area contributed by atoms with Gasteiger partial charge in [-0.25, -0.2) is 0 Å². The van der Waals surface area contributed by atoms with Gasteiger partial charge in [0.25, 0.3) is 0 Å². The Bertz CT molecular complexity index is 742. The molecule has 2 aromatic rings. The van der Waals surface area contributed by atoms with Crippen molar-refractivity contribution in [2.45, 2.75) is 38.6 Å². The van der Waals surface area contributed by atoms with Crippen LogP contribution in [0.3, 0.4) is 0 Å². The van der Waals surface area contributed by atoms with Gasteiger partial charge in [0, 0.05) is 6.54 Å². The van der Waals surface area contributed by atoms with Crippen LogP contribution in [0.5, 0.6) is 5.75 Å². The highest BCUT2D eigenvalue weighted by molar-refractivity contribution is 7.99. The summed E-state index contributed by atoms with van der Waals surface area (Å²) < 4.78 is 7.88. The number of nitrogens with zero attached hydrogens (tertiary/aromatic N) is 3. The summed E-state index contributed by atoms with van der Waals surface area (Å²) in [4.78, 5) is 11.0. The molecule has 2 N–H and O–H groups in total. The van der Waals surface area contributed by atoms with Crippen molar-refractivity contribution in [1.82, 2.24) is 14.8 Å². The van der Waals surface area contributed by atoms with Gasteiger partial charge in [0.15, 0.2) is 17.1 Å². The first-order chi connectivity index (χ1) is 11.4. The number of hydrogen-bond acceptors (Lipinski definition) is 5. The van der Waals surface area contributed by atoms with Crippen molar-refractivity contribution in [3.8, 4) is 5.75 Å². The van der Waals surface area contributed by atoms with E-state index in [1.54, 1.807) is 6.08 Å². The largest absolute Gasteiger partial charge is 0.483 e. The van der Waals surface area contributed by atoms with Gasteiger partial charge in [-0.05, 0) is 44.0 Å². The van der Waals surface area contributed by atoms with E-state index in [-0.39, 0.29) is 11.9 Å². The van der Waals surface area contributed by atoms with E-state index in [2.05, 4.69) is 23.7 Å². The lowest BCUT2D eigenvalue weighted by molar-refractivity contribution is -0.115. The third kappa shape index (κ3) is 4.38. The quantitative estimate of drug-likeness (QED) is 0.587. The van der Waals surface area contributed by atoms with E-state index in [4.69, 9.17) is 10.5 Å². The van der Waals surface area contributed by atoms with Gasteiger partial charge in [-0.2, -0.15) is 0 Å². The molecule has 7 heteroatoms. The van der Waals surface area contributed by atoms with Crippen molar-refractivity contribution in [2.75, 3.05) is 5.75 Å². The molecule has 0 saturated carbocycles. The molecule has 0 aliphatic carbocycles. The molecule has 1 atom stereocenters. The summed E-state index contributed by atoms with van der Waals surface area (Å²) in [6.45, 7) is 10.3. The van der Waals surface area contributed by atoms with Crippen LogP contribution in [0.15, 0.2) is 36.0 Å². The van der Waals surface area contributed by atoms with E-state index in [0.717, 1.165) is 5.75 Å². The lowest BCUT2D eigenvalue weighted by Crippen LogP contribution is -2.15. The second kappa shape index (κ2) is 8.01. The Morgan fingerprint density at radius 3 is 2.79 bits per heavy atom. The summed E-state index contributed by atoms with van der Waals surface area (Å²) in [7, 11) is 0. The number of primary amides is 1. The molecular formula is C17H22N4O2S. The Hall–Kier alpha value is -2.28. The first-order valence-electron chi connectivity index (χ1n) is 7.61. The number of nitrogens with two attached hydrogens (primary N) is 1. The molecule has 1 aromatic heterocycles. The van der Waals surface area contributed by atoms with Crippen LogP contribution in [0.25, 0.3) is 0 Å². The number of amides is 1. The predicted molar refractivity (Wildman–Crippen MR) is 95.1 cm³/mol. The minimum absolute atomic E-state index is 0.154. The van der Waals surface area contributed by atoms with Crippen molar-refractivity contribution >= 4 is 17.7 Å². The van der Waals surface area contributed by atoms with Crippen molar-refractivity contribution in [3.05, 3.63) is 47.8 Å². The highest BCUT2D eigenvalue weighted by atomic mass is 32.2. The molecule has 1 heterocycles. The van der Waals surface area contributed by atoms with E-state index in [1.807, 2.05) is 36.6 Å². The van der Waals surface area contributed by atoms with Crippen LogP contribution in [0, 0.1) is 13.8 Å². The molecule has 0 spiro atoms. The fraction of sp³-hybridized carbons (Fsp3) is 0.353. The van der Waals surface area contributed by atoms with Gasteiger partial charge in [-0.1, -0.05) is 23.9 Å². The lowest BCUT2D eigenvalue weighted by atomic mass is 10.1. The summed E-state index contributed by atoms with van der Waals surface area (Å²) >= 11 is 1.26. The zero-order valence-corrected chi connectivity index (χ0v) is 15.0. The van der Waals surface area contributed by atoms with Gasteiger partial charge in [-0.3, -0.25) is 9.36 Å². The molecule has 1 amide bonds. The molecule has 0 bridgehead atoms.